The molecule has 0 aliphatic carbocycles. The van der Waals surface area contributed by atoms with Crippen molar-refractivity contribution in [2.75, 3.05) is 11.1 Å². The van der Waals surface area contributed by atoms with Crippen LogP contribution < -0.4 is 11.1 Å². The number of aryl methyl sites for hydroxylation is 1. The van der Waals surface area contributed by atoms with Crippen LogP contribution in [0.15, 0.2) is 24.4 Å². The fourth-order valence-electron chi connectivity index (χ4n) is 1.32. The molecule has 0 aliphatic heterocycles. The zero-order chi connectivity index (χ0) is 11.5. The molecule has 3 N–H and O–H groups in total. The minimum Gasteiger partial charge on any atom is -0.396 e. The first-order chi connectivity index (χ1) is 7.65. The van der Waals surface area contributed by atoms with Crippen molar-refractivity contribution in [3.8, 4) is 0 Å². The highest BCUT2D eigenvalue weighted by molar-refractivity contribution is 6.29. The quantitative estimate of drug-likeness (QED) is 0.797. The van der Waals surface area contributed by atoms with Gasteiger partial charge in [0.2, 0.25) is 0 Å². The fraction of sp³-hybridized carbons (Fsp3) is 0.200. The van der Waals surface area contributed by atoms with Gasteiger partial charge in [-0.3, -0.25) is 4.68 Å². The number of hydrogen-bond donors (Lipinski definition) is 2. The van der Waals surface area contributed by atoms with E-state index in [1.54, 1.807) is 16.8 Å². The van der Waals surface area contributed by atoms with E-state index in [4.69, 9.17) is 17.3 Å². The second-order valence-electron chi connectivity index (χ2n) is 3.41. The molecular weight excluding hydrogens is 226 g/mol. The lowest BCUT2D eigenvalue weighted by Crippen LogP contribution is -2.05. The minimum atomic E-state index is 0.415. The molecule has 0 radical (unpaired) electrons. The van der Waals surface area contributed by atoms with Gasteiger partial charge in [-0.1, -0.05) is 11.6 Å². The van der Waals surface area contributed by atoms with Crippen molar-refractivity contribution in [1.82, 2.24) is 14.8 Å². The van der Waals surface area contributed by atoms with E-state index < -0.39 is 0 Å². The monoisotopic (exact) mass is 237 g/mol. The third kappa shape index (κ3) is 2.43. The molecule has 0 amide bonds. The van der Waals surface area contributed by atoms with Crippen LogP contribution in [0.5, 0.6) is 0 Å². The molecule has 5 nitrogen and oxygen atoms in total. The molecule has 2 heterocycles. The lowest BCUT2D eigenvalue weighted by atomic mass is 10.3. The summed E-state index contributed by atoms with van der Waals surface area (Å²) < 4.78 is 1.74. The van der Waals surface area contributed by atoms with Crippen LogP contribution in [0, 0.1) is 0 Å². The summed E-state index contributed by atoms with van der Waals surface area (Å²) in [5, 5.41) is 7.73. The number of pyridine rings is 1. The third-order valence-electron chi connectivity index (χ3n) is 2.10. The minimum absolute atomic E-state index is 0.415. The standard InChI is InChI=1S/C10H12ClN5/c1-16-5-4-7(15-16)6-13-10-8(12)2-3-9(11)14-10/h2-5H,6,12H2,1H3,(H,13,14). The first kappa shape index (κ1) is 10.8. The lowest BCUT2D eigenvalue weighted by Gasteiger charge is -2.06. The number of halogens is 1. The molecule has 2 aromatic heterocycles. The Hall–Kier alpha value is -1.75. The SMILES string of the molecule is Cn1ccc(CNc2nc(Cl)ccc2N)n1. The maximum absolute atomic E-state index is 5.78. The molecule has 2 aromatic rings. The van der Waals surface area contributed by atoms with Crippen LogP contribution in [0.4, 0.5) is 11.5 Å². The van der Waals surface area contributed by atoms with Crippen LogP contribution in [0.2, 0.25) is 5.15 Å². The van der Waals surface area contributed by atoms with Gasteiger partial charge in [-0.2, -0.15) is 5.10 Å². The Balaban J connectivity index is 2.07. The van der Waals surface area contributed by atoms with E-state index in [2.05, 4.69) is 15.4 Å². The summed E-state index contributed by atoms with van der Waals surface area (Å²) in [6.45, 7) is 0.568. The Kier molecular flexibility index (Phi) is 2.96. The molecule has 0 bridgehead atoms. The highest BCUT2D eigenvalue weighted by Crippen LogP contribution is 2.18. The Morgan fingerprint density at radius 2 is 2.25 bits per heavy atom. The summed E-state index contributed by atoms with van der Waals surface area (Å²) in [6.07, 6.45) is 1.88. The predicted octanol–water partition coefficient (Wildman–Crippen LogP) is 1.66. The zero-order valence-electron chi connectivity index (χ0n) is 8.81. The number of anilines is 2. The van der Waals surface area contributed by atoms with Crippen LogP contribution in [0.25, 0.3) is 0 Å². The highest BCUT2D eigenvalue weighted by Gasteiger charge is 2.02. The predicted molar refractivity (Wildman–Crippen MR) is 64.2 cm³/mol. The smallest absolute Gasteiger partial charge is 0.151 e. The van der Waals surface area contributed by atoms with E-state index in [-0.39, 0.29) is 0 Å². The number of nitrogens with zero attached hydrogens (tertiary/aromatic N) is 3. The molecule has 0 spiro atoms. The second kappa shape index (κ2) is 4.40. The van der Waals surface area contributed by atoms with Crippen LogP contribution in [-0.2, 0) is 13.6 Å². The Morgan fingerprint density at radius 1 is 1.44 bits per heavy atom. The van der Waals surface area contributed by atoms with Gasteiger partial charge in [-0.25, -0.2) is 4.98 Å². The topological polar surface area (TPSA) is 68.8 Å². The molecular formula is C10H12ClN5. The van der Waals surface area contributed by atoms with Crippen LogP contribution in [0.1, 0.15) is 5.69 Å². The van der Waals surface area contributed by atoms with Crippen LogP contribution in [0.3, 0.4) is 0 Å². The molecule has 2 rings (SSSR count). The van der Waals surface area contributed by atoms with Gasteiger partial charge in [-0.15, -0.1) is 0 Å². The number of nitrogens with two attached hydrogens (primary N) is 1. The largest absolute Gasteiger partial charge is 0.396 e. The van der Waals surface area contributed by atoms with Crippen LogP contribution >= 0.6 is 11.6 Å². The molecule has 6 heteroatoms. The third-order valence-corrected chi connectivity index (χ3v) is 2.31. The van der Waals surface area contributed by atoms with Gasteiger partial charge in [0.1, 0.15) is 5.15 Å². The Morgan fingerprint density at radius 3 is 2.94 bits per heavy atom. The van der Waals surface area contributed by atoms with Crippen molar-refractivity contribution < 1.29 is 0 Å². The summed E-state index contributed by atoms with van der Waals surface area (Å²) in [4.78, 5) is 4.09. The molecule has 0 aliphatic rings. The summed E-state index contributed by atoms with van der Waals surface area (Å²) >= 11 is 5.78. The average Bonchev–Trinajstić information content (AvgIpc) is 2.66. The van der Waals surface area contributed by atoms with Crippen molar-refractivity contribution in [3.63, 3.8) is 0 Å². The fourth-order valence-corrected chi connectivity index (χ4v) is 1.47. The van der Waals surface area contributed by atoms with Crippen molar-refractivity contribution in [2.24, 2.45) is 7.05 Å². The van der Waals surface area contributed by atoms with E-state index in [9.17, 15) is 0 Å². The molecule has 84 valence electrons. The first-order valence-corrected chi connectivity index (χ1v) is 5.17. The van der Waals surface area contributed by atoms with Gasteiger partial charge < -0.3 is 11.1 Å². The summed E-state index contributed by atoms with van der Waals surface area (Å²) in [7, 11) is 1.87. The molecule has 0 saturated carbocycles. The molecule has 16 heavy (non-hydrogen) atoms. The number of hydrogen-bond acceptors (Lipinski definition) is 4. The first-order valence-electron chi connectivity index (χ1n) is 4.79. The zero-order valence-corrected chi connectivity index (χ0v) is 9.57. The van der Waals surface area contributed by atoms with Crippen molar-refractivity contribution in [2.45, 2.75) is 6.54 Å². The van der Waals surface area contributed by atoms with E-state index in [0.29, 0.717) is 23.2 Å². The van der Waals surface area contributed by atoms with Crippen molar-refractivity contribution in [3.05, 3.63) is 35.2 Å². The summed E-state index contributed by atoms with van der Waals surface area (Å²) in [5.41, 5.74) is 7.24. The van der Waals surface area contributed by atoms with Gasteiger partial charge in [0.25, 0.3) is 0 Å². The van der Waals surface area contributed by atoms with E-state index in [1.807, 2.05) is 19.3 Å². The van der Waals surface area contributed by atoms with E-state index in [1.165, 1.54) is 0 Å². The average molecular weight is 238 g/mol. The molecule has 0 aromatic carbocycles. The maximum Gasteiger partial charge on any atom is 0.151 e. The van der Waals surface area contributed by atoms with Gasteiger partial charge >= 0.3 is 0 Å². The van der Waals surface area contributed by atoms with Crippen LogP contribution in [-0.4, -0.2) is 14.8 Å². The molecule has 0 saturated heterocycles. The Labute approximate surface area is 98.2 Å². The van der Waals surface area contributed by atoms with Gasteiger partial charge in [0.05, 0.1) is 17.9 Å². The number of nitrogens with one attached hydrogen (secondary N) is 1. The lowest BCUT2D eigenvalue weighted by molar-refractivity contribution is 0.747. The van der Waals surface area contributed by atoms with E-state index in [0.717, 1.165) is 5.69 Å². The number of aromatic nitrogens is 3. The normalized spacial score (nSPS) is 10.4. The maximum atomic E-state index is 5.78. The molecule has 0 atom stereocenters. The second-order valence-corrected chi connectivity index (χ2v) is 3.79. The summed E-state index contributed by atoms with van der Waals surface area (Å²) in [6, 6.07) is 5.30. The number of rotatable bonds is 3. The molecule has 0 fully saturated rings. The van der Waals surface area contributed by atoms with Gasteiger partial charge in [-0.05, 0) is 18.2 Å². The number of nitrogen functional groups attached to an aromatic ring is 1. The van der Waals surface area contributed by atoms with Crippen molar-refractivity contribution >= 4 is 23.1 Å². The highest BCUT2D eigenvalue weighted by atomic mass is 35.5. The Bertz CT molecular complexity index is 494. The van der Waals surface area contributed by atoms with Gasteiger partial charge in [0.15, 0.2) is 5.82 Å². The molecule has 0 unspecified atom stereocenters. The van der Waals surface area contributed by atoms with Crippen molar-refractivity contribution in [1.29, 1.82) is 0 Å². The summed E-state index contributed by atoms with van der Waals surface area (Å²) in [5.74, 6) is 0.582. The van der Waals surface area contributed by atoms with E-state index >= 15 is 0 Å². The van der Waals surface area contributed by atoms with Gasteiger partial charge in [0, 0.05) is 13.2 Å².